The summed E-state index contributed by atoms with van der Waals surface area (Å²) < 4.78 is 4.04. The van der Waals surface area contributed by atoms with Crippen LogP contribution in [0.25, 0.3) is 0 Å². The molecule has 0 aliphatic carbocycles. The standard InChI is InChI=1S/C11H11ClINO4/c1-18-11(17)8(13)5-14-10(16)7-3-2-6(12)4-9(7)15/h2-4,8,15H,5H2,1H3,(H,14,16). The average Bonchev–Trinajstić information content (AvgIpc) is 2.34. The molecule has 1 aromatic carbocycles. The van der Waals surface area contributed by atoms with E-state index in [1.807, 2.05) is 22.6 Å². The number of carbonyl (C=O) groups is 2. The molecule has 0 saturated heterocycles. The first-order valence-electron chi connectivity index (χ1n) is 4.94. The number of halogens is 2. The molecular formula is C11H11ClINO4. The van der Waals surface area contributed by atoms with Crippen molar-refractivity contribution in [3.05, 3.63) is 28.8 Å². The zero-order valence-corrected chi connectivity index (χ0v) is 12.4. The molecule has 5 nitrogen and oxygen atoms in total. The lowest BCUT2D eigenvalue weighted by molar-refractivity contribution is -0.139. The minimum atomic E-state index is -0.481. The van der Waals surface area contributed by atoms with E-state index in [-0.39, 0.29) is 17.9 Å². The van der Waals surface area contributed by atoms with Crippen LogP contribution >= 0.6 is 34.2 Å². The smallest absolute Gasteiger partial charge is 0.320 e. The second-order valence-corrected chi connectivity index (χ2v) is 5.30. The van der Waals surface area contributed by atoms with Crippen molar-refractivity contribution in [2.75, 3.05) is 13.7 Å². The summed E-state index contributed by atoms with van der Waals surface area (Å²) in [6.45, 7) is 0.119. The third-order valence-corrected chi connectivity index (χ3v) is 3.29. The first-order chi connectivity index (χ1) is 8.45. The Morgan fingerprint density at radius 1 is 1.56 bits per heavy atom. The fourth-order valence-corrected chi connectivity index (χ4v) is 1.83. The molecule has 1 rings (SSSR count). The first kappa shape index (κ1) is 15.0. The van der Waals surface area contributed by atoms with Gasteiger partial charge in [0, 0.05) is 11.6 Å². The summed E-state index contributed by atoms with van der Waals surface area (Å²) in [4.78, 5) is 22.8. The highest BCUT2D eigenvalue weighted by Crippen LogP contribution is 2.21. The summed E-state index contributed by atoms with van der Waals surface area (Å²) in [5.74, 6) is -1.10. The van der Waals surface area contributed by atoms with Crippen molar-refractivity contribution in [1.82, 2.24) is 5.32 Å². The Kier molecular flexibility index (Phi) is 5.67. The normalized spacial score (nSPS) is 11.7. The number of esters is 1. The first-order valence-corrected chi connectivity index (χ1v) is 6.56. The molecule has 0 aliphatic rings. The van der Waals surface area contributed by atoms with E-state index in [2.05, 4.69) is 10.1 Å². The Morgan fingerprint density at radius 2 is 2.22 bits per heavy atom. The maximum atomic E-state index is 11.7. The van der Waals surface area contributed by atoms with Crippen LogP contribution in [0.5, 0.6) is 5.75 Å². The quantitative estimate of drug-likeness (QED) is 0.472. The maximum absolute atomic E-state index is 11.7. The molecule has 0 heterocycles. The van der Waals surface area contributed by atoms with Gasteiger partial charge in [0.2, 0.25) is 0 Å². The Hall–Kier alpha value is -1.02. The minimum Gasteiger partial charge on any atom is -0.507 e. The number of phenolic OH excluding ortho intramolecular Hbond substituents is 1. The number of alkyl halides is 1. The van der Waals surface area contributed by atoms with E-state index in [0.717, 1.165) is 0 Å². The van der Waals surface area contributed by atoms with Gasteiger partial charge in [-0.15, -0.1) is 0 Å². The number of phenols is 1. The van der Waals surface area contributed by atoms with Crippen LogP contribution in [0.4, 0.5) is 0 Å². The number of amides is 1. The summed E-state index contributed by atoms with van der Waals surface area (Å²) in [6.07, 6.45) is 0. The van der Waals surface area contributed by atoms with E-state index in [9.17, 15) is 14.7 Å². The molecule has 0 spiro atoms. The van der Waals surface area contributed by atoms with E-state index in [4.69, 9.17) is 11.6 Å². The largest absolute Gasteiger partial charge is 0.507 e. The van der Waals surface area contributed by atoms with Gasteiger partial charge in [0.1, 0.15) is 9.67 Å². The van der Waals surface area contributed by atoms with Crippen molar-refractivity contribution >= 4 is 46.1 Å². The number of methoxy groups -OCH3 is 1. The molecule has 1 aromatic rings. The van der Waals surface area contributed by atoms with Gasteiger partial charge in [-0.1, -0.05) is 34.2 Å². The lowest BCUT2D eigenvalue weighted by Crippen LogP contribution is -2.33. The molecule has 18 heavy (non-hydrogen) atoms. The van der Waals surface area contributed by atoms with Crippen LogP contribution in [0, 0.1) is 0 Å². The van der Waals surface area contributed by atoms with Crippen LogP contribution in [0.15, 0.2) is 18.2 Å². The summed E-state index contributed by atoms with van der Waals surface area (Å²) in [5.41, 5.74) is 0.105. The molecule has 0 fully saturated rings. The SMILES string of the molecule is COC(=O)C(I)CNC(=O)c1ccc(Cl)cc1O. The molecule has 0 aromatic heterocycles. The zero-order chi connectivity index (χ0) is 13.7. The zero-order valence-electron chi connectivity index (χ0n) is 9.44. The lowest BCUT2D eigenvalue weighted by Gasteiger charge is -2.10. The number of hydrogen-bond acceptors (Lipinski definition) is 4. The van der Waals surface area contributed by atoms with Crippen molar-refractivity contribution in [2.45, 2.75) is 3.92 Å². The van der Waals surface area contributed by atoms with E-state index < -0.39 is 15.8 Å². The molecular weight excluding hydrogens is 372 g/mol. The summed E-state index contributed by atoms with van der Waals surface area (Å²) in [6, 6.07) is 4.18. The second kappa shape index (κ2) is 6.79. The molecule has 98 valence electrons. The van der Waals surface area contributed by atoms with E-state index in [1.54, 1.807) is 0 Å². The third kappa shape index (κ3) is 4.02. The van der Waals surface area contributed by atoms with Crippen molar-refractivity contribution < 1.29 is 19.4 Å². The van der Waals surface area contributed by atoms with E-state index in [1.165, 1.54) is 25.3 Å². The van der Waals surface area contributed by atoms with Crippen LogP contribution in [-0.2, 0) is 9.53 Å². The minimum absolute atomic E-state index is 0.105. The number of rotatable bonds is 4. The van der Waals surface area contributed by atoms with Crippen molar-refractivity contribution in [1.29, 1.82) is 0 Å². The van der Waals surface area contributed by atoms with Crippen LogP contribution in [0.3, 0.4) is 0 Å². The Balaban J connectivity index is 2.63. The van der Waals surface area contributed by atoms with Gasteiger partial charge in [0.05, 0.1) is 12.7 Å². The van der Waals surface area contributed by atoms with Gasteiger partial charge in [0.15, 0.2) is 0 Å². The van der Waals surface area contributed by atoms with Crippen LogP contribution in [0.1, 0.15) is 10.4 Å². The highest BCUT2D eigenvalue weighted by molar-refractivity contribution is 14.1. The predicted octanol–water partition coefficient (Wildman–Crippen LogP) is 1.75. The highest BCUT2D eigenvalue weighted by Gasteiger charge is 2.17. The second-order valence-electron chi connectivity index (χ2n) is 3.36. The molecule has 2 N–H and O–H groups in total. The number of ether oxygens (including phenoxy) is 1. The number of hydrogen-bond donors (Lipinski definition) is 2. The Labute approximate surface area is 123 Å². The van der Waals surface area contributed by atoms with Gasteiger partial charge in [-0.3, -0.25) is 9.59 Å². The number of benzene rings is 1. The van der Waals surface area contributed by atoms with Gasteiger partial charge in [-0.2, -0.15) is 0 Å². The summed E-state index contributed by atoms with van der Waals surface area (Å²) in [7, 11) is 1.28. The summed E-state index contributed by atoms with van der Waals surface area (Å²) >= 11 is 7.52. The number of aromatic hydroxyl groups is 1. The monoisotopic (exact) mass is 383 g/mol. The van der Waals surface area contributed by atoms with Gasteiger partial charge in [0.25, 0.3) is 5.91 Å². The molecule has 0 bridgehead atoms. The van der Waals surface area contributed by atoms with Gasteiger partial charge < -0.3 is 15.2 Å². The Bertz CT molecular complexity index is 466. The van der Waals surface area contributed by atoms with Crippen molar-refractivity contribution in [2.24, 2.45) is 0 Å². The fraction of sp³-hybridized carbons (Fsp3) is 0.273. The molecule has 0 saturated carbocycles. The lowest BCUT2D eigenvalue weighted by atomic mass is 10.2. The third-order valence-electron chi connectivity index (χ3n) is 2.10. The number of carbonyl (C=O) groups excluding carboxylic acids is 2. The van der Waals surface area contributed by atoms with Gasteiger partial charge in [-0.05, 0) is 18.2 Å². The van der Waals surface area contributed by atoms with Crippen LogP contribution < -0.4 is 5.32 Å². The van der Waals surface area contributed by atoms with Crippen LogP contribution in [-0.4, -0.2) is 34.6 Å². The highest BCUT2D eigenvalue weighted by atomic mass is 127. The maximum Gasteiger partial charge on any atom is 0.320 e. The van der Waals surface area contributed by atoms with Crippen molar-refractivity contribution in [3.8, 4) is 5.75 Å². The van der Waals surface area contributed by atoms with Crippen molar-refractivity contribution in [3.63, 3.8) is 0 Å². The molecule has 1 unspecified atom stereocenters. The number of nitrogens with one attached hydrogen (secondary N) is 1. The van der Waals surface area contributed by atoms with E-state index in [0.29, 0.717) is 5.02 Å². The Morgan fingerprint density at radius 3 is 2.78 bits per heavy atom. The van der Waals surface area contributed by atoms with Gasteiger partial charge in [-0.25, -0.2) is 0 Å². The molecule has 0 aliphatic heterocycles. The molecule has 7 heteroatoms. The summed E-state index contributed by atoms with van der Waals surface area (Å²) in [5, 5.41) is 12.4. The fourth-order valence-electron chi connectivity index (χ4n) is 1.19. The molecule has 1 amide bonds. The average molecular weight is 384 g/mol. The van der Waals surface area contributed by atoms with E-state index >= 15 is 0 Å². The van der Waals surface area contributed by atoms with Gasteiger partial charge >= 0.3 is 5.97 Å². The topological polar surface area (TPSA) is 75.6 Å². The predicted molar refractivity (Wildman–Crippen MR) is 75.3 cm³/mol. The molecule has 0 radical (unpaired) electrons. The van der Waals surface area contributed by atoms with Crippen LogP contribution in [0.2, 0.25) is 5.02 Å². The molecule has 1 atom stereocenters.